The van der Waals surface area contributed by atoms with Crippen molar-refractivity contribution in [1.29, 1.82) is 0 Å². The van der Waals surface area contributed by atoms with Crippen LogP contribution in [0.25, 0.3) is 11.0 Å². The van der Waals surface area contributed by atoms with Gasteiger partial charge in [-0.05, 0) is 44.7 Å². The molecule has 0 unspecified atom stereocenters. The zero-order chi connectivity index (χ0) is 18.8. The molecule has 1 saturated heterocycles. The summed E-state index contributed by atoms with van der Waals surface area (Å²) in [6, 6.07) is 9.26. The summed E-state index contributed by atoms with van der Waals surface area (Å²) in [5.41, 5.74) is 7.46. The van der Waals surface area contributed by atoms with Crippen molar-refractivity contribution in [2.24, 2.45) is 0 Å². The van der Waals surface area contributed by atoms with E-state index in [4.69, 9.17) is 5.73 Å². The van der Waals surface area contributed by atoms with Gasteiger partial charge in [-0.2, -0.15) is 0 Å². The Balaban J connectivity index is 1.52. The molecule has 0 amide bonds. The van der Waals surface area contributed by atoms with Crippen LogP contribution in [-0.2, 0) is 0 Å². The maximum atomic E-state index is 12.7. The number of hydrogen-bond donors (Lipinski definition) is 1. The molecule has 5 nitrogen and oxygen atoms in total. The predicted octanol–water partition coefficient (Wildman–Crippen LogP) is 4.12. The lowest BCUT2D eigenvalue weighted by Gasteiger charge is -2.48. The lowest BCUT2D eigenvalue weighted by molar-refractivity contribution is 0.0171. The zero-order valence-electron chi connectivity index (χ0n) is 16.4. The molecule has 2 atom stereocenters. The Hall–Kier alpha value is -1.88. The highest BCUT2D eigenvalue weighted by Crippen LogP contribution is 2.33. The largest absolute Gasteiger partial charge is 0.379 e. The van der Waals surface area contributed by atoms with Crippen LogP contribution < -0.4 is 11.3 Å². The molecule has 2 aromatic rings. The lowest BCUT2D eigenvalue weighted by atomic mass is 9.88. The van der Waals surface area contributed by atoms with Crippen LogP contribution in [0.1, 0.15) is 70.8 Å². The minimum absolute atomic E-state index is 0.103. The van der Waals surface area contributed by atoms with Crippen LogP contribution in [-0.4, -0.2) is 33.1 Å². The van der Waals surface area contributed by atoms with E-state index in [1.165, 1.54) is 57.9 Å². The van der Waals surface area contributed by atoms with E-state index in [1.807, 2.05) is 28.8 Å². The minimum atomic E-state index is -0.155. The van der Waals surface area contributed by atoms with Gasteiger partial charge in [0.2, 0.25) is 0 Å². The fraction of sp³-hybridized carbons (Fsp3) is 0.636. The Morgan fingerprint density at radius 2 is 1.81 bits per heavy atom. The molecule has 1 saturated carbocycles. The number of nitrogens with two attached hydrogens (primary N) is 1. The van der Waals surface area contributed by atoms with Crippen molar-refractivity contribution in [2.75, 3.05) is 12.3 Å². The third-order valence-electron chi connectivity index (χ3n) is 6.61. The van der Waals surface area contributed by atoms with E-state index in [0.717, 1.165) is 23.5 Å². The second kappa shape index (κ2) is 8.01. The normalized spacial score (nSPS) is 23.5. The topological polar surface area (TPSA) is 64.2 Å². The van der Waals surface area contributed by atoms with Gasteiger partial charge in [0, 0.05) is 24.7 Å². The first-order valence-electron chi connectivity index (χ1n) is 10.7. The molecule has 27 heavy (non-hydrogen) atoms. The first-order chi connectivity index (χ1) is 13.1. The smallest absolute Gasteiger partial charge is 0.293 e. The first-order valence-corrected chi connectivity index (χ1v) is 10.7. The highest BCUT2D eigenvalue weighted by molar-refractivity contribution is 5.76. The van der Waals surface area contributed by atoms with Gasteiger partial charge in [0.15, 0.2) is 5.82 Å². The number of nitrogen functional groups attached to an aromatic ring is 1. The van der Waals surface area contributed by atoms with E-state index in [9.17, 15) is 4.79 Å². The van der Waals surface area contributed by atoms with Crippen LogP contribution in [0.5, 0.6) is 0 Å². The van der Waals surface area contributed by atoms with Crippen LogP contribution in [0.3, 0.4) is 0 Å². The average Bonchev–Trinajstić information content (AvgIpc) is 2.61. The molecule has 0 bridgehead atoms. The third kappa shape index (κ3) is 3.75. The molecule has 2 fully saturated rings. The highest BCUT2D eigenvalue weighted by atomic mass is 16.1. The molecule has 5 heteroatoms. The van der Waals surface area contributed by atoms with Gasteiger partial charge < -0.3 is 10.3 Å². The predicted molar refractivity (Wildman–Crippen MR) is 111 cm³/mol. The monoisotopic (exact) mass is 368 g/mol. The third-order valence-corrected chi connectivity index (χ3v) is 6.61. The number of para-hydroxylation sites is 2. The van der Waals surface area contributed by atoms with E-state index < -0.39 is 0 Å². The molecule has 2 aliphatic rings. The van der Waals surface area contributed by atoms with Gasteiger partial charge in [0.1, 0.15) is 0 Å². The van der Waals surface area contributed by atoms with Crippen LogP contribution >= 0.6 is 0 Å². The highest BCUT2D eigenvalue weighted by Gasteiger charge is 2.35. The van der Waals surface area contributed by atoms with Crippen molar-refractivity contribution < 1.29 is 0 Å². The molecule has 0 radical (unpaired) electrons. The quantitative estimate of drug-likeness (QED) is 0.882. The van der Waals surface area contributed by atoms with Crippen LogP contribution in [0, 0.1) is 0 Å². The summed E-state index contributed by atoms with van der Waals surface area (Å²) in [7, 11) is 0. The molecule has 1 aromatic carbocycles. The van der Waals surface area contributed by atoms with Crippen molar-refractivity contribution in [3.63, 3.8) is 0 Å². The molecule has 4 rings (SSSR count). The van der Waals surface area contributed by atoms with E-state index in [-0.39, 0.29) is 17.4 Å². The maximum Gasteiger partial charge on any atom is 0.293 e. The van der Waals surface area contributed by atoms with Gasteiger partial charge in [0.05, 0.1) is 11.0 Å². The fourth-order valence-corrected chi connectivity index (χ4v) is 5.07. The standard InChI is InChI=1S/C22H32N4O/c1-16(26-20-12-8-7-11-19(20)24-21(23)22(26)27)15-18-13-14-25(18)17-9-5-3-2-4-6-10-17/h7-8,11-12,16-18H,2-6,9-10,13-15H2,1H3,(H2,23,24)/t16-,18-/m0/s1. The summed E-state index contributed by atoms with van der Waals surface area (Å²) < 4.78 is 1.87. The number of likely N-dealkylation sites (tertiary alicyclic amines) is 1. The summed E-state index contributed by atoms with van der Waals surface area (Å²) in [5.74, 6) is 0.103. The molecule has 2 heterocycles. The van der Waals surface area contributed by atoms with Crippen molar-refractivity contribution in [2.45, 2.75) is 82.8 Å². The number of fused-ring (bicyclic) bond motifs is 1. The van der Waals surface area contributed by atoms with Gasteiger partial charge >= 0.3 is 0 Å². The Labute approximate surface area is 161 Å². The Morgan fingerprint density at radius 3 is 2.52 bits per heavy atom. The maximum absolute atomic E-state index is 12.7. The number of benzene rings is 1. The molecule has 1 aliphatic heterocycles. The number of aromatic nitrogens is 2. The van der Waals surface area contributed by atoms with E-state index in [2.05, 4.69) is 16.8 Å². The molecular formula is C22H32N4O. The van der Waals surface area contributed by atoms with E-state index in [1.54, 1.807) is 0 Å². The Morgan fingerprint density at radius 1 is 1.11 bits per heavy atom. The fourth-order valence-electron chi connectivity index (χ4n) is 5.07. The molecular weight excluding hydrogens is 336 g/mol. The summed E-state index contributed by atoms with van der Waals surface area (Å²) in [5, 5.41) is 0. The van der Waals surface area contributed by atoms with Crippen molar-refractivity contribution >= 4 is 16.9 Å². The van der Waals surface area contributed by atoms with Crippen molar-refractivity contribution in [1.82, 2.24) is 14.5 Å². The van der Waals surface area contributed by atoms with E-state index in [0.29, 0.717) is 6.04 Å². The molecule has 0 spiro atoms. The molecule has 1 aromatic heterocycles. The molecule has 1 aliphatic carbocycles. The minimum Gasteiger partial charge on any atom is -0.379 e. The van der Waals surface area contributed by atoms with Crippen LogP contribution in [0.15, 0.2) is 29.1 Å². The van der Waals surface area contributed by atoms with Crippen molar-refractivity contribution in [3.05, 3.63) is 34.6 Å². The lowest BCUT2D eigenvalue weighted by Crippen LogP contribution is -2.54. The summed E-state index contributed by atoms with van der Waals surface area (Å²) in [6.45, 7) is 3.37. The van der Waals surface area contributed by atoms with E-state index >= 15 is 0 Å². The summed E-state index contributed by atoms with van der Waals surface area (Å²) in [6.07, 6.45) is 11.9. The van der Waals surface area contributed by atoms with Gasteiger partial charge in [-0.3, -0.25) is 9.69 Å². The number of anilines is 1. The summed E-state index contributed by atoms with van der Waals surface area (Å²) in [4.78, 5) is 19.7. The number of nitrogens with zero attached hydrogens (tertiary/aromatic N) is 3. The second-order valence-electron chi connectivity index (χ2n) is 8.42. The summed E-state index contributed by atoms with van der Waals surface area (Å²) >= 11 is 0. The zero-order valence-corrected chi connectivity index (χ0v) is 16.4. The molecule has 2 N–H and O–H groups in total. The second-order valence-corrected chi connectivity index (χ2v) is 8.42. The SMILES string of the molecule is C[C@@H](C[C@@H]1CCN1C1CCCCCCC1)n1c(=O)c(N)nc2ccccc21. The number of hydrogen-bond acceptors (Lipinski definition) is 4. The van der Waals surface area contributed by atoms with Crippen LogP contribution in [0.4, 0.5) is 5.82 Å². The van der Waals surface area contributed by atoms with Gasteiger partial charge in [-0.15, -0.1) is 0 Å². The van der Waals surface area contributed by atoms with Gasteiger partial charge in [0.25, 0.3) is 5.56 Å². The Kier molecular flexibility index (Phi) is 5.48. The van der Waals surface area contributed by atoms with Crippen molar-refractivity contribution in [3.8, 4) is 0 Å². The molecule has 146 valence electrons. The van der Waals surface area contributed by atoms with Gasteiger partial charge in [-0.1, -0.05) is 44.2 Å². The average molecular weight is 369 g/mol. The van der Waals surface area contributed by atoms with Crippen LogP contribution in [0.2, 0.25) is 0 Å². The number of rotatable bonds is 4. The first kappa shape index (κ1) is 18.5. The Bertz CT molecular complexity index is 838. The van der Waals surface area contributed by atoms with Gasteiger partial charge in [-0.25, -0.2) is 4.98 Å².